The molecule has 8 heterocycles. The number of carboxylic acids is 1. The molecule has 0 aromatic carbocycles. The van der Waals surface area contributed by atoms with Crippen LogP contribution in [-0.4, -0.2) is 71.2 Å². The largest absolute Gasteiger partial charge is 0.481 e. The topological polar surface area (TPSA) is 137 Å². The van der Waals surface area contributed by atoms with Gasteiger partial charge in [-0.2, -0.15) is 0 Å². The van der Waals surface area contributed by atoms with Crippen LogP contribution in [0.3, 0.4) is 0 Å². The van der Waals surface area contributed by atoms with E-state index in [2.05, 4.69) is 27.7 Å². The summed E-state index contributed by atoms with van der Waals surface area (Å²) in [6.07, 6.45) is 7.04. The Hall–Kier alpha value is -1.38. The highest BCUT2D eigenvalue weighted by Gasteiger charge is 2.71. The van der Waals surface area contributed by atoms with E-state index < -0.39 is 47.3 Å². The van der Waals surface area contributed by atoms with Crippen LogP contribution in [0.2, 0.25) is 0 Å². The maximum absolute atomic E-state index is 12.8. The van der Waals surface area contributed by atoms with E-state index in [1.54, 1.807) is 0 Å². The number of carbonyl (C=O) groups excluding carboxylic acids is 1. The molecular formula is C38H58O12. The zero-order chi connectivity index (χ0) is 35.2. The first-order valence-corrected chi connectivity index (χ1v) is 19.5. The number of fused-ring (bicyclic) bond motifs is 4. The lowest BCUT2D eigenvalue weighted by atomic mass is 9.56. The quantitative estimate of drug-likeness (QED) is 0.213. The Morgan fingerprint density at radius 3 is 1.62 bits per heavy atom. The van der Waals surface area contributed by atoms with Crippen molar-refractivity contribution in [1.82, 2.24) is 0 Å². The van der Waals surface area contributed by atoms with Crippen molar-refractivity contribution >= 4 is 11.9 Å². The van der Waals surface area contributed by atoms with Crippen LogP contribution in [0.5, 0.6) is 0 Å². The van der Waals surface area contributed by atoms with Crippen molar-refractivity contribution in [3.05, 3.63) is 0 Å². The molecule has 282 valence electrons. The Morgan fingerprint density at radius 2 is 1.16 bits per heavy atom. The molecule has 10 fully saturated rings. The van der Waals surface area contributed by atoms with Gasteiger partial charge in [-0.1, -0.05) is 27.7 Å². The number of carbonyl (C=O) groups is 2. The summed E-state index contributed by atoms with van der Waals surface area (Å²) in [4.78, 5) is 48.8. The number of aliphatic carboxylic acids is 1. The normalized spacial score (nSPS) is 52.6. The van der Waals surface area contributed by atoms with Gasteiger partial charge in [0, 0.05) is 24.7 Å². The zero-order valence-corrected chi connectivity index (χ0v) is 30.6. The minimum Gasteiger partial charge on any atom is -0.481 e. The standard InChI is InChI=1S/C38H58O12/c1-20-7-9-27-22(3)29(43-33-37(27)25(20)13-15-35(5,45-33)47-49-37)17-24(19-42-32(41)12-11-31(39)40)18-30-23(4)28-10-8-21(2)26-14-16-36(6)46-34(44-30)38(26,28)50-48-36/h20-30,33-34H,7-19H2,1-6H3,(H,39,40)/t20-,21-,22-,23-,25+,26+,27+,28+,29-,30-,33-,34-,35+,36+,37-,38-/m1/s1. The van der Waals surface area contributed by atoms with E-state index in [0.29, 0.717) is 24.7 Å². The van der Waals surface area contributed by atoms with Gasteiger partial charge in [0.05, 0.1) is 31.7 Å². The van der Waals surface area contributed by atoms with Gasteiger partial charge >= 0.3 is 11.9 Å². The molecular weight excluding hydrogens is 648 g/mol. The molecule has 0 aromatic heterocycles. The van der Waals surface area contributed by atoms with E-state index in [1.807, 2.05) is 13.8 Å². The van der Waals surface area contributed by atoms with Crippen LogP contribution >= 0.6 is 0 Å². The van der Waals surface area contributed by atoms with Crippen LogP contribution in [0.4, 0.5) is 0 Å². The van der Waals surface area contributed by atoms with Crippen LogP contribution in [0.25, 0.3) is 0 Å². The van der Waals surface area contributed by atoms with Gasteiger partial charge in [-0.15, -0.1) is 0 Å². The van der Waals surface area contributed by atoms with Crippen molar-refractivity contribution in [2.75, 3.05) is 6.61 Å². The summed E-state index contributed by atoms with van der Waals surface area (Å²) in [6, 6.07) is 0. The molecule has 2 aliphatic carbocycles. The lowest BCUT2D eigenvalue weighted by molar-refractivity contribution is -0.571. The van der Waals surface area contributed by atoms with Gasteiger partial charge in [0.15, 0.2) is 23.8 Å². The van der Waals surface area contributed by atoms with Gasteiger partial charge in [-0.25, -0.2) is 19.6 Å². The summed E-state index contributed by atoms with van der Waals surface area (Å²) in [6.45, 7) is 13.2. The van der Waals surface area contributed by atoms with Crippen LogP contribution < -0.4 is 0 Å². The predicted molar refractivity (Wildman–Crippen MR) is 174 cm³/mol. The van der Waals surface area contributed by atoms with Gasteiger partial charge in [0.25, 0.3) is 0 Å². The SMILES string of the molecule is C[C@H]1[C@@H](CC(COC(=O)CCC(=O)O)C[C@H]2O[C@@H]3O[C@]4(C)CC[C@H]5[C@H](C)CC[C@@H]([C@H]2C)[C@@]35OO4)O[C@@H]2O[C@]3(C)CC[C@H]4[C@H](C)CC[C@@H]1[C@@]24OO3. The van der Waals surface area contributed by atoms with Crippen molar-refractivity contribution < 1.29 is 57.9 Å². The molecule has 50 heavy (non-hydrogen) atoms. The molecule has 0 unspecified atom stereocenters. The summed E-state index contributed by atoms with van der Waals surface area (Å²) >= 11 is 0. The van der Waals surface area contributed by atoms with Gasteiger partial charge in [0.2, 0.25) is 11.6 Å². The number of hydrogen-bond acceptors (Lipinski definition) is 11. The van der Waals surface area contributed by atoms with Crippen LogP contribution in [0.15, 0.2) is 0 Å². The van der Waals surface area contributed by atoms with E-state index in [1.165, 1.54) is 0 Å². The van der Waals surface area contributed by atoms with E-state index in [-0.39, 0.29) is 73.1 Å². The number of hydrogen-bond donors (Lipinski definition) is 1. The summed E-state index contributed by atoms with van der Waals surface area (Å²) in [5.74, 6) is -1.22. The number of ether oxygens (including phenoxy) is 5. The Labute approximate surface area is 295 Å². The highest BCUT2D eigenvalue weighted by atomic mass is 17.3. The molecule has 10 rings (SSSR count). The predicted octanol–water partition coefficient (Wildman–Crippen LogP) is 6.29. The van der Waals surface area contributed by atoms with Crippen LogP contribution in [-0.2, 0) is 52.8 Å². The summed E-state index contributed by atoms with van der Waals surface area (Å²) in [5.41, 5.74) is -1.30. The number of esters is 1. The van der Waals surface area contributed by atoms with Gasteiger partial charge in [-0.3, -0.25) is 9.59 Å². The third-order valence-corrected chi connectivity index (χ3v) is 14.7. The van der Waals surface area contributed by atoms with E-state index in [0.717, 1.165) is 51.4 Å². The fourth-order valence-electron chi connectivity index (χ4n) is 11.9. The first-order chi connectivity index (χ1) is 23.8. The van der Waals surface area contributed by atoms with Crippen molar-refractivity contribution in [1.29, 1.82) is 0 Å². The molecule has 0 radical (unpaired) electrons. The summed E-state index contributed by atoms with van der Waals surface area (Å²) < 4.78 is 33.0. The lowest BCUT2D eigenvalue weighted by Crippen LogP contribution is -2.70. The van der Waals surface area contributed by atoms with E-state index in [9.17, 15) is 9.59 Å². The molecule has 12 nitrogen and oxygen atoms in total. The molecule has 16 atom stereocenters. The molecule has 0 aromatic rings. The van der Waals surface area contributed by atoms with Crippen LogP contribution in [0.1, 0.15) is 119 Å². The average Bonchev–Trinajstić information content (AvgIpc) is 3.45. The smallest absolute Gasteiger partial charge is 0.306 e. The maximum Gasteiger partial charge on any atom is 0.306 e. The molecule has 0 amide bonds. The molecule has 12 heteroatoms. The second kappa shape index (κ2) is 12.9. The van der Waals surface area contributed by atoms with E-state index in [4.69, 9.17) is 48.3 Å². The minimum atomic E-state index is -1.02. The molecule has 2 saturated carbocycles. The zero-order valence-electron chi connectivity index (χ0n) is 30.6. The van der Waals surface area contributed by atoms with Crippen molar-refractivity contribution in [3.8, 4) is 0 Å². The Kier molecular flexibility index (Phi) is 9.19. The number of carboxylic acid groups (broad SMARTS) is 1. The van der Waals surface area contributed by atoms with Crippen molar-refractivity contribution in [3.63, 3.8) is 0 Å². The second-order valence-corrected chi connectivity index (χ2v) is 17.8. The molecule has 8 saturated heterocycles. The Balaban J connectivity index is 1.05. The van der Waals surface area contributed by atoms with Crippen LogP contribution in [0, 0.1) is 53.3 Å². The monoisotopic (exact) mass is 706 g/mol. The van der Waals surface area contributed by atoms with Gasteiger partial charge in [0.1, 0.15) is 0 Å². The summed E-state index contributed by atoms with van der Waals surface area (Å²) in [5, 5.41) is 9.16. The van der Waals surface area contributed by atoms with Gasteiger partial charge in [-0.05, 0) is 107 Å². The minimum absolute atomic E-state index is 0.116. The number of rotatable bonds is 9. The molecule has 8 aliphatic heterocycles. The first-order valence-electron chi connectivity index (χ1n) is 19.5. The molecule has 2 spiro atoms. The third kappa shape index (κ3) is 5.69. The maximum atomic E-state index is 12.8. The third-order valence-electron chi connectivity index (χ3n) is 14.7. The molecule has 1 N–H and O–H groups in total. The Morgan fingerprint density at radius 1 is 0.680 bits per heavy atom. The summed E-state index contributed by atoms with van der Waals surface area (Å²) in [7, 11) is 0. The average molecular weight is 707 g/mol. The second-order valence-electron chi connectivity index (χ2n) is 17.8. The van der Waals surface area contributed by atoms with Crippen molar-refractivity contribution in [2.24, 2.45) is 53.3 Å². The molecule has 10 aliphatic rings. The van der Waals surface area contributed by atoms with E-state index >= 15 is 0 Å². The first kappa shape index (κ1) is 35.6. The lowest BCUT2D eigenvalue weighted by Gasteiger charge is -2.61. The highest BCUT2D eigenvalue weighted by Crippen LogP contribution is 2.63. The Bertz CT molecular complexity index is 1230. The highest BCUT2D eigenvalue weighted by molar-refractivity contribution is 5.76. The molecule has 4 bridgehead atoms. The fourth-order valence-corrected chi connectivity index (χ4v) is 11.9. The fraction of sp³-hybridized carbons (Fsp3) is 0.947. The van der Waals surface area contributed by atoms with Gasteiger partial charge < -0.3 is 28.8 Å². The van der Waals surface area contributed by atoms with Crippen molar-refractivity contribution in [2.45, 2.75) is 166 Å².